The molecule has 0 fully saturated rings. The molecule has 4 rings (SSSR count). The minimum Gasteiger partial charge on any atom is -0.480 e. The van der Waals surface area contributed by atoms with Crippen LogP contribution in [-0.4, -0.2) is 39.1 Å². The van der Waals surface area contributed by atoms with E-state index in [1.165, 1.54) is 0 Å². The van der Waals surface area contributed by atoms with Gasteiger partial charge in [0.15, 0.2) is 0 Å². The van der Waals surface area contributed by atoms with Crippen LogP contribution in [0.2, 0.25) is 0 Å². The number of hydrogen-bond acceptors (Lipinski definition) is 4. The summed E-state index contributed by atoms with van der Waals surface area (Å²) in [5.41, 5.74) is 9.13. The molecule has 7 heteroatoms. The second-order valence-corrected chi connectivity index (χ2v) is 8.00. The molecule has 4 N–H and O–H groups in total. The molecule has 1 heterocycles. The lowest BCUT2D eigenvalue weighted by molar-refractivity contribution is -0.138. The molecular formula is C27H26N4O3. The standard InChI is InChI=1S/C27H26N4O3/c28-24(26(34)29-17-25(32)33)16-23-18-31(19-30-23)27(20-10-4-1-5-11-20,21-12-6-2-7-13-21)22-14-8-3-9-15-22/h1-15,18-19,24H,16-17,28H2,(H,29,34)(H,32,33)/t24-/m0/s1. The Hall–Kier alpha value is -4.23. The summed E-state index contributed by atoms with van der Waals surface area (Å²) in [4.78, 5) is 27.5. The first kappa shape index (κ1) is 22.9. The number of carbonyl (C=O) groups excluding carboxylic acids is 1. The van der Waals surface area contributed by atoms with Gasteiger partial charge in [0.25, 0.3) is 0 Å². The maximum atomic E-state index is 12.2. The Morgan fingerprint density at radius 2 is 1.35 bits per heavy atom. The Labute approximate surface area is 197 Å². The van der Waals surface area contributed by atoms with E-state index in [0.717, 1.165) is 16.7 Å². The van der Waals surface area contributed by atoms with Crippen LogP contribution in [0.4, 0.5) is 0 Å². The van der Waals surface area contributed by atoms with Crippen molar-refractivity contribution in [3.63, 3.8) is 0 Å². The number of amides is 1. The first-order valence-corrected chi connectivity index (χ1v) is 11.0. The molecule has 7 nitrogen and oxygen atoms in total. The number of imidazole rings is 1. The van der Waals surface area contributed by atoms with Gasteiger partial charge >= 0.3 is 5.97 Å². The number of nitrogens with one attached hydrogen (secondary N) is 1. The Bertz CT molecular complexity index is 1140. The van der Waals surface area contributed by atoms with E-state index in [1.807, 2.05) is 65.4 Å². The van der Waals surface area contributed by atoms with Crippen LogP contribution in [0, 0.1) is 0 Å². The van der Waals surface area contributed by atoms with Crippen molar-refractivity contribution in [2.45, 2.75) is 18.0 Å². The normalized spacial score (nSPS) is 12.1. The van der Waals surface area contributed by atoms with Gasteiger partial charge in [-0.05, 0) is 16.7 Å². The predicted molar refractivity (Wildman–Crippen MR) is 129 cm³/mol. The summed E-state index contributed by atoms with van der Waals surface area (Å²) in [7, 11) is 0. The molecule has 1 atom stereocenters. The summed E-state index contributed by atoms with van der Waals surface area (Å²) >= 11 is 0. The van der Waals surface area contributed by atoms with E-state index in [-0.39, 0.29) is 6.42 Å². The van der Waals surface area contributed by atoms with Crippen molar-refractivity contribution >= 4 is 11.9 Å². The van der Waals surface area contributed by atoms with Gasteiger partial charge in [-0.25, -0.2) is 4.98 Å². The van der Waals surface area contributed by atoms with E-state index < -0.39 is 30.0 Å². The molecule has 0 aliphatic heterocycles. The monoisotopic (exact) mass is 454 g/mol. The van der Waals surface area contributed by atoms with Crippen LogP contribution in [0.3, 0.4) is 0 Å². The van der Waals surface area contributed by atoms with Crippen LogP contribution in [0.5, 0.6) is 0 Å². The van der Waals surface area contributed by atoms with Gasteiger partial charge in [-0.1, -0.05) is 91.0 Å². The largest absolute Gasteiger partial charge is 0.480 e. The van der Waals surface area contributed by atoms with E-state index in [4.69, 9.17) is 10.8 Å². The number of carbonyl (C=O) groups is 2. The lowest BCUT2D eigenvalue weighted by Crippen LogP contribution is -2.43. The van der Waals surface area contributed by atoms with Crippen molar-refractivity contribution in [3.05, 3.63) is 126 Å². The molecule has 0 saturated carbocycles. The first-order chi connectivity index (χ1) is 16.5. The Morgan fingerprint density at radius 1 is 0.882 bits per heavy atom. The summed E-state index contributed by atoms with van der Waals surface area (Å²) in [6, 6.07) is 29.6. The zero-order chi connectivity index (χ0) is 24.0. The average Bonchev–Trinajstić information content (AvgIpc) is 3.33. The molecule has 172 valence electrons. The van der Waals surface area contributed by atoms with E-state index in [2.05, 4.69) is 46.7 Å². The van der Waals surface area contributed by atoms with Crippen LogP contribution in [0.15, 0.2) is 104 Å². The molecule has 1 aromatic heterocycles. The van der Waals surface area contributed by atoms with Crippen molar-refractivity contribution < 1.29 is 14.7 Å². The third-order valence-corrected chi connectivity index (χ3v) is 5.78. The van der Waals surface area contributed by atoms with Crippen LogP contribution in [0.25, 0.3) is 0 Å². The lowest BCUT2D eigenvalue weighted by Gasteiger charge is -2.37. The van der Waals surface area contributed by atoms with Gasteiger partial charge in [0, 0.05) is 12.6 Å². The molecule has 0 aliphatic rings. The molecular weight excluding hydrogens is 428 g/mol. The number of benzene rings is 3. The number of hydrogen-bond donors (Lipinski definition) is 3. The molecule has 0 spiro atoms. The highest BCUT2D eigenvalue weighted by atomic mass is 16.4. The van der Waals surface area contributed by atoms with Gasteiger partial charge in [-0.3, -0.25) is 9.59 Å². The van der Waals surface area contributed by atoms with Crippen molar-refractivity contribution in [1.29, 1.82) is 0 Å². The van der Waals surface area contributed by atoms with Crippen LogP contribution >= 0.6 is 0 Å². The van der Waals surface area contributed by atoms with Crippen molar-refractivity contribution in [3.8, 4) is 0 Å². The van der Waals surface area contributed by atoms with E-state index in [1.54, 1.807) is 6.33 Å². The average molecular weight is 455 g/mol. The highest BCUT2D eigenvalue weighted by Gasteiger charge is 2.38. The maximum Gasteiger partial charge on any atom is 0.322 e. The zero-order valence-corrected chi connectivity index (χ0v) is 18.5. The molecule has 1 amide bonds. The van der Waals surface area contributed by atoms with E-state index in [9.17, 15) is 9.59 Å². The lowest BCUT2D eigenvalue weighted by atomic mass is 9.77. The highest BCUT2D eigenvalue weighted by molar-refractivity contribution is 5.85. The van der Waals surface area contributed by atoms with E-state index >= 15 is 0 Å². The van der Waals surface area contributed by atoms with Crippen LogP contribution < -0.4 is 11.1 Å². The third kappa shape index (κ3) is 4.60. The second-order valence-electron chi connectivity index (χ2n) is 8.00. The molecule has 0 radical (unpaired) electrons. The quantitative estimate of drug-likeness (QED) is 0.337. The molecule has 0 saturated heterocycles. The van der Waals surface area contributed by atoms with Crippen LogP contribution in [-0.2, 0) is 21.5 Å². The number of carboxylic acid groups (broad SMARTS) is 1. The summed E-state index contributed by atoms with van der Waals surface area (Å²) in [5.74, 6) is -1.65. The minimum absolute atomic E-state index is 0.174. The highest BCUT2D eigenvalue weighted by Crippen LogP contribution is 2.40. The SMILES string of the molecule is N[C@@H](Cc1cn(C(c2ccccc2)(c2ccccc2)c2ccccc2)cn1)C(=O)NCC(=O)O. The van der Waals surface area contributed by atoms with Gasteiger partial charge in [0.1, 0.15) is 12.1 Å². The molecule has 3 aromatic carbocycles. The van der Waals surface area contributed by atoms with Gasteiger partial charge in [0.05, 0.1) is 18.1 Å². The third-order valence-electron chi connectivity index (χ3n) is 5.78. The Balaban J connectivity index is 1.79. The first-order valence-electron chi connectivity index (χ1n) is 11.0. The second kappa shape index (κ2) is 10.1. The number of nitrogens with zero attached hydrogens (tertiary/aromatic N) is 2. The minimum atomic E-state index is -1.12. The fourth-order valence-corrected chi connectivity index (χ4v) is 4.25. The van der Waals surface area contributed by atoms with Gasteiger partial charge in [0.2, 0.25) is 5.91 Å². The van der Waals surface area contributed by atoms with Crippen molar-refractivity contribution in [2.75, 3.05) is 6.54 Å². The summed E-state index contributed by atoms with van der Waals surface area (Å²) in [6.07, 6.45) is 3.83. The molecule has 0 aliphatic carbocycles. The zero-order valence-electron chi connectivity index (χ0n) is 18.5. The molecule has 0 bridgehead atoms. The van der Waals surface area contributed by atoms with E-state index in [0.29, 0.717) is 5.69 Å². The fraction of sp³-hybridized carbons (Fsp3) is 0.148. The number of aromatic nitrogens is 2. The summed E-state index contributed by atoms with van der Waals surface area (Å²) < 4.78 is 2.05. The van der Waals surface area contributed by atoms with Crippen molar-refractivity contribution in [1.82, 2.24) is 14.9 Å². The number of aliphatic carboxylic acids is 1. The van der Waals surface area contributed by atoms with Crippen molar-refractivity contribution in [2.24, 2.45) is 5.73 Å². The van der Waals surface area contributed by atoms with Gasteiger partial charge in [-0.2, -0.15) is 0 Å². The van der Waals surface area contributed by atoms with Gasteiger partial charge < -0.3 is 20.7 Å². The molecule has 4 aromatic rings. The molecule has 0 unspecified atom stereocenters. The maximum absolute atomic E-state index is 12.2. The number of rotatable bonds is 9. The predicted octanol–water partition coefficient (Wildman–Crippen LogP) is 2.79. The Kier molecular flexibility index (Phi) is 6.85. The van der Waals surface area contributed by atoms with Crippen LogP contribution in [0.1, 0.15) is 22.4 Å². The number of carboxylic acids is 1. The smallest absolute Gasteiger partial charge is 0.322 e. The fourth-order valence-electron chi connectivity index (χ4n) is 4.25. The number of nitrogens with two attached hydrogens (primary N) is 1. The Morgan fingerprint density at radius 3 is 1.79 bits per heavy atom. The topological polar surface area (TPSA) is 110 Å². The summed E-state index contributed by atoms with van der Waals surface area (Å²) in [6.45, 7) is -0.472. The van der Waals surface area contributed by atoms with Gasteiger partial charge in [-0.15, -0.1) is 0 Å². The molecule has 34 heavy (non-hydrogen) atoms. The summed E-state index contributed by atoms with van der Waals surface area (Å²) in [5, 5.41) is 11.1.